The molecule has 11 heavy (non-hydrogen) atoms. The minimum absolute atomic E-state index is 0.628. The molecular weight excluding hydrogens is 136 g/mol. The predicted octanol–water partition coefficient (Wildman–Crippen LogP) is 1.51. The van der Waals surface area contributed by atoms with E-state index in [2.05, 4.69) is 11.9 Å². The Morgan fingerprint density at radius 3 is 2.73 bits per heavy atom. The summed E-state index contributed by atoms with van der Waals surface area (Å²) in [6.07, 6.45) is 6.92. The van der Waals surface area contributed by atoms with E-state index in [9.17, 15) is 0 Å². The minimum atomic E-state index is 0.628. The molecule has 0 spiro atoms. The van der Waals surface area contributed by atoms with E-state index in [4.69, 9.17) is 5.84 Å². The van der Waals surface area contributed by atoms with Crippen LogP contribution in [0.25, 0.3) is 0 Å². The van der Waals surface area contributed by atoms with Gasteiger partial charge in [-0.1, -0.05) is 12.8 Å². The van der Waals surface area contributed by atoms with Gasteiger partial charge in [-0.25, -0.2) is 5.01 Å². The summed E-state index contributed by atoms with van der Waals surface area (Å²) in [7, 11) is 0. The summed E-state index contributed by atoms with van der Waals surface area (Å²) in [4.78, 5) is 0. The van der Waals surface area contributed by atoms with Gasteiger partial charge >= 0.3 is 0 Å². The van der Waals surface area contributed by atoms with Crippen molar-refractivity contribution in [1.29, 1.82) is 0 Å². The number of fused-ring (bicyclic) bond motifs is 1. The van der Waals surface area contributed by atoms with Crippen molar-refractivity contribution in [2.45, 2.75) is 51.1 Å². The molecule has 2 N–H and O–H groups in total. The SMILES string of the molecule is CC1CC2CCCCC2N1N. The van der Waals surface area contributed by atoms with Crippen molar-refractivity contribution in [3.8, 4) is 0 Å². The van der Waals surface area contributed by atoms with E-state index < -0.39 is 0 Å². The molecule has 1 aliphatic heterocycles. The molecule has 0 aromatic carbocycles. The Morgan fingerprint density at radius 1 is 1.27 bits per heavy atom. The molecule has 2 fully saturated rings. The van der Waals surface area contributed by atoms with Gasteiger partial charge in [0.05, 0.1) is 0 Å². The Labute approximate surface area is 68.7 Å². The monoisotopic (exact) mass is 154 g/mol. The zero-order chi connectivity index (χ0) is 7.84. The molecule has 0 aromatic heterocycles. The molecule has 0 radical (unpaired) electrons. The Hall–Kier alpha value is -0.0800. The van der Waals surface area contributed by atoms with E-state index in [1.54, 1.807) is 0 Å². The smallest absolute Gasteiger partial charge is 0.0272 e. The zero-order valence-electron chi connectivity index (χ0n) is 7.29. The second-order valence-electron chi connectivity index (χ2n) is 4.14. The zero-order valence-corrected chi connectivity index (χ0v) is 7.29. The number of hydrogen-bond donors (Lipinski definition) is 1. The first kappa shape index (κ1) is 7.56. The molecule has 64 valence electrons. The summed E-state index contributed by atoms with van der Waals surface area (Å²) in [6, 6.07) is 1.35. The number of nitrogens with two attached hydrogens (primary N) is 1. The quantitative estimate of drug-likeness (QED) is 0.536. The van der Waals surface area contributed by atoms with Gasteiger partial charge in [-0.3, -0.25) is 5.84 Å². The maximum Gasteiger partial charge on any atom is 0.0272 e. The fraction of sp³-hybridized carbons (Fsp3) is 1.00. The van der Waals surface area contributed by atoms with E-state index in [0.717, 1.165) is 12.0 Å². The average Bonchev–Trinajstić information content (AvgIpc) is 2.30. The lowest BCUT2D eigenvalue weighted by Crippen LogP contribution is -2.42. The Balaban J connectivity index is 2.05. The van der Waals surface area contributed by atoms with Crippen molar-refractivity contribution in [2.24, 2.45) is 11.8 Å². The Morgan fingerprint density at radius 2 is 2.00 bits per heavy atom. The molecule has 3 atom stereocenters. The third-order valence-electron chi connectivity index (χ3n) is 3.40. The first-order valence-electron chi connectivity index (χ1n) is 4.82. The van der Waals surface area contributed by atoms with Crippen LogP contribution in [0.1, 0.15) is 39.0 Å². The van der Waals surface area contributed by atoms with Crippen LogP contribution in [0.15, 0.2) is 0 Å². The molecule has 3 unspecified atom stereocenters. The summed E-state index contributed by atoms with van der Waals surface area (Å²) in [5.41, 5.74) is 0. The molecule has 0 amide bonds. The second kappa shape index (κ2) is 2.76. The van der Waals surface area contributed by atoms with E-state index >= 15 is 0 Å². The lowest BCUT2D eigenvalue weighted by molar-refractivity contribution is 0.159. The first-order valence-corrected chi connectivity index (χ1v) is 4.82. The van der Waals surface area contributed by atoms with Crippen LogP contribution in [-0.4, -0.2) is 17.1 Å². The minimum Gasteiger partial charge on any atom is -0.268 e. The van der Waals surface area contributed by atoms with Crippen LogP contribution in [0.3, 0.4) is 0 Å². The molecule has 2 rings (SSSR count). The van der Waals surface area contributed by atoms with Gasteiger partial charge in [0, 0.05) is 12.1 Å². The Bertz CT molecular complexity index is 146. The fourth-order valence-corrected chi connectivity index (χ4v) is 2.74. The molecular formula is C9H18N2. The van der Waals surface area contributed by atoms with Gasteiger partial charge in [0.15, 0.2) is 0 Å². The topological polar surface area (TPSA) is 29.3 Å². The van der Waals surface area contributed by atoms with E-state index in [0.29, 0.717) is 6.04 Å². The van der Waals surface area contributed by atoms with Crippen LogP contribution in [0.5, 0.6) is 0 Å². The number of hydrazine groups is 1. The van der Waals surface area contributed by atoms with Crippen molar-refractivity contribution in [3.05, 3.63) is 0 Å². The van der Waals surface area contributed by atoms with Crippen LogP contribution in [0.2, 0.25) is 0 Å². The summed E-state index contributed by atoms with van der Waals surface area (Å²) in [5.74, 6) is 6.89. The molecule has 1 saturated carbocycles. The molecule has 2 aliphatic rings. The number of rotatable bonds is 0. The largest absolute Gasteiger partial charge is 0.268 e. The Kier molecular flexibility index (Phi) is 1.90. The van der Waals surface area contributed by atoms with Gasteiger partial charge in [0.25, 0.3) is 0 Å². The lowest BCUT2D eigenvalue weighted by atomic mass is 9.85. The molecule has 2 heteroatoms. The maximum atomic E-state index is 5.97. The van der Waals surface area contributed by atoms with Crippen molar-refractivity contribution >= 4 is 0 Å². The third kappa shape index (κ3) is 1.18. The maximum absolute atomic E-state index is 5.97. The number of hydrogen-bond acceptors (Lipinski definition) is 2. The summed E-state index contributed by atoms with van der Waals surface area (Å²) in [6.45, 7) is 2.25. The second-order valence-corrected chi connectivity index (χ2v) is 4.14. The van der Waals surface area contributed by atoms with Crippen molar-refractivity contribution < 1.29 is 0 Å². The highest BCUT2D eigenvalue weighted by Crippen LogP contribution is 2.37. The van der Waals surface area contributed by atoms with Crippen LogP contribution in [-0.2, 0) is 0 Å². The van der Waals surface area contributed by atoms with Crippen molar-refractivity contribution in [1.82, 2.24) is 5.01 Å². The van der Waals surface area contributed by atoms with Gasteiger partial charge in [-0.05, 0) is 32.1 Å². The molecule has 1 aliphatic carbocycles. The highest BCUT2D eigenvalue weighted by Gasteiger charge is 2.38. The van der Waals surface area contributed by atoms with Crippen LogP contribution >= 0.6 is 0 Å². The van der Waals surface area contributed by atoms with E-state index in [1.165, 1.54) is 32.1 Å². The molecule has 1 heterocycles. The molecule has 1 saturated heterocycles. The van der Waals surface area contributed by atoms with E-state index in [1.807, 2.05) is 0 Å². The van der Waals surface area contributed by atoms with Gasteiger partial charge in [-0.2, -0.15) is 0 Å². The van der Waals surface area contributed by atoms with Gasteiger partial charge in [0.1, 0.15) is 0 Å². The van der Waals surface area contributed by atoms with Gasteiger partial charge in [-0.15, -0.1) is 0 Å². The van der Waals surface area contributed by atoms with Gasteiger partial charge in [0.2, 0.25) is 0 Å². The van der Waals surface area contributed by atoms with Crippen molar-refractivity contribution in [2.75, 3.05) is 0 Å². The average molecular weight is 154 g/mol. The van der Waals surface area contributed by atoms with Crippen LogP contribution in [0, 0.1) is 5.92 Å². The number of nitrogens with zero attached hydrogens (tertiary/aromatic N) is 1. The van der Waals surface area contributed by atoms with Crippen LogP contribution < -0.4 is 5.84 Å². The molecule has 2 nitrogen and oxygen atoms in total. The lowest BCUT2D eigenvalue weighted by Gasteiger charge is -2.29. The summed E-state index contributed by atoms with van der Waals surface area (Å²) in [5, 5.41) is 2.10. The highest BCUT2D eigenvalue weighted by atomic mass is 15.4. The van der Waals surface area contributed by atoms with E-state index in [-0.39, 0.29) is 0 Å². The fourth-order valence-electron chi connectivity index (χ4n) is 2.74. The van der Waals surface area contributed by atoms with Crippen LogP contribution in [0.4, 0.5) is 0 Å². The third-order valence-corrected chi connectivity index (χ3v) is 3.40. The van der Waals surface area contributed by atoms with Gasteiger partial charge < -0.3 is 0 Å². The van der Waals surface area contributed by atoms with Crippen molar-refractivity contribution in [3.63, 3.8) is 0 Å². The standard InChI is InChI=1S/C9H18N2/c1-7-6-8-4-2-3-5-9(8)11(7)10/h7-9H,2-6,10H2,1H3. The normalized spacial score (nSPS) is 45.8. The summed E-state index contributed by atoms with van der Waals surface area (Å²) >= 11 is 0. The highest BCUT2D eigenvalue weighted by molar-refractivity contribution is 4.91. The summed E-state index contributed by atoms with van der Waals surface area (Å²) < 4.78 is 0. The predicted molar refractivity (Wildman–Crippen MR) is 45.9 cm³/mol. The molecule has 0 bridgehead atoms. The molecule has 0 aromatic rings. The first-order chi connectivity index (χ1) is 5.29.